The van der Waals surface area contributed by atoms with E-state index >= 15 is 0 Å². The van der Waals surface area contributed by atoms with Crippen molar-refractivity contribution in [1.82, 2.24) is 9.55 Å². The lowest BCUT2D eigenvalue weighted by Crippen LogP contribution is -2.25. The van der Waals surface area contributed by atoms with Crippen LogP contribution in [0.2, 0.25) is 0 Å². The van der Waals surface area contributed by atoms with Gasteiger partial charge in [-0.2, -0.15) is 0 Å². The zero-order valence-electron chi connectivity index (χ0n) is 11.0. The van der Waals surface area contributed by atoms with Gasteiger partial charge in [-0.25, -0.2) is 13.8 Å². The molecule has 0 bridgehead atoms. The molecule has 0 saturated carbocycles. The quantitative estimate of drug-likeness (QED) is 0.706. The number of nitrogens with one attached hydrogen (secondary N) is 1. The number of carbonyl (C=O) groups is 1. The van der Waals surface area contributed by atoms with Crippen LogP contribution in [0.3, 0.4) is 0 Å². The number of anilines is 1. The Morgan fingerprint density at radius 3 is 2.81 bits per heavy atom. The van der Waals surface area contributed by atoms with Crippen molar-refractivity contribution in [2.24, 2.45) is 0 Å². The highest BCUT2D eigenvalue weighted by Crippen LogP contribution is 2.15. The summed E-state index contributed by atoms with van der Waals surface area (Å²) < 4.78 is 14.2. The molecule has 106 valence electrons. The fraction of sp³-hybridized carbons (Fsp3) is 0.0667. The van der Waals surface area contributed by atoms with Gasteiger partial charge in [-0.05, 0) is 35.9 Å². The lowest BCUT2D eigenvalue weighted by atomic mass is 10.1. The molecule has 3 rings (SSSR count). The lowest BCUT2D eigenvalue weighted by molar-refractivity contribution is 0.0915. The second-order valence-electron chi connectivity index (χ2n) is 4.74. The number of benzene rings is 2. The Balaban J connectivity index is 2.02. The maximum Gasteiger partial charge on any atom is 0.333 e. The molecule has 2 aromatic carbocycles. The number of hydrogen-bond donors (Lipinski definition) is 2. The summed E-state index contributed by atoms with van der Waals surface area (Å²) in [5.74, 6) is -0.846. The largest absolute Gasteiger partial charge is 0.399 e. The highest BCUT2D eigenvalue weighted by atomic mass is 19.1. The minimum absolute atomic E-state index is 0.0605. The smallest absolute Gasteiger partial charge is 0.333 e. The molecule has 0 atom stereocenters. The van der Waals surface area contributed by atoms with Crippen LogP contribution in [0.25, 0.3) is 11.0 Å². The Morgan fingerprint density at radius 2 is 2.05 bits per heavy atom. The van der Waals surface area contributed by atoms with Gasteiger partial charge >= 0.3 is 5.69 Å². The Hall–Kier alpha value is -2.89. The van der Waals surface area contributed by atoms with E-state index in [-0.39, 0.29) is 6.42 Å². The molecule has 0 saturated heterocycles. The molecule has 6 heteroatoms. The number of H-pyrrole nitrogens is 1. The SMILES string of the molecule is Nc1ccc2c(c1)[nH]c(=O)n2C(=O)Cc1cccc(F)c1. The van der Waals surface area contributed by atoms with Gasteiger partial charge in [0.05, 0.1) is 17.5 Å². The first kappa shape index (κ1) is 13.1. The van der Waals surface area contributed by atoms with Crippen molar-refractivity contribution in [2.45, 2.75) is 6.42 Å². The van der Waals surface area contributed by atoms with E-state index in [9.17, 15) is 14.0 Å². The normalized spacial score (nSPS) is 10.9. The van der Waals surface area contributed by atoms with Gasteiger partial charge < -0.3 is 10.7 Å². The Morgan fingerprint density at radius 1 is 1.24 bits per heavy atom. The van der Waals surface area contributed by atoms with Crippen molar-refractivity contribution in [3.8, 4) is 0 Å². The maximum absolute atomic E-state index is 13.1. The third-order valence-corrected chi connectivity index (χ3v) is 3.20. The number of halogens is 1. The molecule has 1 aromatic heterocycles. The third kappa shape index (κ3) is 2.43. The van der Waals surface area contributed by atoms with Gasteiger partial charge in [0.25, 0.3) is 0 Å². The van der Waals surface area contributed by atoms with Crippen molar-refractivity contribution in [3.63, 3.8) is 0 Å². The molecule has 5 nitrogen and oxygen atoms in total. The van der Waals surface area contributed by atoms with Crippen LogP contribution in [-0.2, 0) is 6.42 Å². The van der Waals surface area contributed by atoms with Crippen molar-refractivity contribution in [2.75, 3.05) is 5.73 Å². The van der Waals surface area contributed by atoms with Gasteiger partial charge in [-0.15, -0.1) is 0 Å². The summed E-state index contributed by atoms with van der Waals surface area (Å²) in [6.07, 6.45) is -0.0605. The minimum atomic E-state index is -0.531. The molecular formula is C15H12FN3O2. The number of nitrogens with two attached hydrogens (primary N) is 1. The highest BCUT2D eigenvalue weighted by molar-refractivity contribution is 5.92. The third-order valence-electron chi connectivity index (χ3n) is 3.20. The fourth-order valence-corrected chi connectivity index (χ4v) is 2.28. The van der Waals surface area contributed by atoms with E-state index in [1.165, 1.54) is 18.2 Å². The van der Waals surface area contributed by atoms with Crippen LogP contribution in [0.1, 0.15) is 10.4 Å². The van der Waals surface area contributed by atoms with Gasteiger partial charge in [0.2, 0.25) is 5.91 Å². The lowest BCUT2D eigenvalue weighted by Gasteiger charge is -2.03. The molecule has 3 aromatic rings. The Kier molecular flexibility index (Phi) is 3.06. The average molecular weight is 285 g/mol. The predicted octanol–water partition coefficient (Wildman–Crippen LogP) is 1.93. The second-order valence-corrected chi connectivity index (χ2v) is 4.74. The zero-order chi connectivity index (χ0) is 15.0. The average Bonchev–Trinajstić information content (AvgIpc) is 2.73. The van der Waals surface area contributed by atoms with E-state index in [1.807, 2.05) is 0 Å². The van der Waals surface area contributed by atoms with Gasteiger partial charge in [0.15, 0.2) is 0 Å². The molecule has 0 aliphatic heterocycles. The number of aromatic amines is 1. The highest BCUT2D eigenvalue weighted by Gasteiger charge is 2.14. The van der Waals surface area contributed by atoms with E-state index < -0.39 is 17.4 Å². The Bertz CT molecular complexity index is 895. The number of nitrogens with zero attached hydrogens (tertiary/aromatic N) is 1. The van der Waals surface area contributed by atoms with Crippen molar-refractivity contribution < 1.29 is 9.18 Å². The molecule has 0 fully saturated rings. The van der Waals surface area contributed by atoms with Crippen molar-refractivity contribution in [1.29, 1.82) is 0 Å². The van der Waals surface area contributed by atoms with Gasteiger partial charge in [0, 0.05) is 5.69 Å². The van der Waals surface area contributed by atoms with E-state index in [2.05, 4.69) is 4.98 Å². The summed E-state index contributed by atoms with van der Waals surface area (Å²) in [6, 6.07) is 10.5. The molecule has 0 aliphatic rings. The van der Waals surface area contributed by atoms with Gasteiger partial charge in [-0.1, -0.05) is 12.1 Å². The number of fused-ring (bicyclic) bond motifs is 1. The molecule has 0 radical (unpaired) electrons. The van der Waals surface area contributed by atoms with Crippen LogP contribution in [0.5, 0.6) is 0 Å². The van der Waals surface area contributed by atoms with Crippen LogP contribution >= 0.6 is 0 Å². The number of hydrogen-bond acceptors (Lipinski definition) is 3. The van der Waals surface area contributed by atoms with Crippen LogP contribution in [0.15, 0.2) is 47.3 Å². The maximum atomic E-state index is 13.1. The standard InChI is InChI=1S/C15H12FN3O2/c16-10-3-1-2-9(6-10)7-14(20)19-13-5-4-11(17)8-12(13)18-15(19)21/h1-6,8H,7,17H2,(H,18,21). The summed E-state index contributed by atoms with van der Waals surface area (Å²) in [5, 5.41) is 0. The molecule has 1 heterocycles. The molecule has 0 aliphatic carbocycles. The first-order chi connectivity index (χ1) is 10.0. The zero-order valence-corrected chi connectivity index (χ0v) is 11.0. The molecule has 0 unspecified atom stereocenters. The number of imidazole rings is 1. The van der Waals surface area contributed by atoms with E-state index in [0.29, 0.717) is 22.3 Å². The number of aromatic nitrogens is 2. The molecule has 0 spiro atoms. The molecule has 21 heavy (non-hydrogen) atoms. The predicted molar refractivity (Wildman–Crippen MR) is 77.7 cm³/mol. The summed E-state index contributed by atoms with van der Waals surface area (Å²) in [5.41, 5.74) is 7.06. The topological polar surface area (TPSA) is 80.9 Å². The second kappa shape index (κ2) is 4.90. The summed E-state index contributed by atoms with van der Waals surface area (Å²) in [4.78, 5) is 26.8. The van der Waals surface area contributed by atoms with Crippen LogP contribution < -0.4 is 11.4 Å². The summed E-state index contributed by atoms with van der Waals surface area (Å²) in [7, 11) is 0. The monoisotopic (exact) mass is 285 g/mol. The molecular weight excluding hydrogens is 273 g/mol. The first-order valence-corrected chi connectivity index (χ1v) is 6.32. The number of rotatable bonds is 2. The fourth-order valence-electron chi connectivity index (χ4n) is 2.28. The van der Waals surface area contributed by atoms with E-state index in [4.69, 9.17) is 5.73 Å². The van der Waals surface area contributed by atoms with E-state index in [1.54, 1.807) is 24.3 Å². The molecule has 0 amide bonds. The minimum Gasteiger partial charge on any atom is -0.399 e. The Labute approximate surface area is 118 Å². The first-order valence-electron chi connectivity index (χ1n) is 6.32. The summed E-state index contributed by atoms with van der Waals surface area (Å²) >= 11 is 0. The number of carbonyl (C=O) groups excluding carboxylic acids is 1. The van der Waals surface area contributed by atoms with Crippen LogP contribution in [0, 0.1) is 5.82 Å². The van der Waals surface area contributed by atoms with E-state index in [0.717, 1.165) is 4.57 Å². The van der Waals surface area contributed by atoms with Crippen LogP contribution in [-0.4, -0.2) is 15.5 Å². The van der Waals surface area contributed by atoms with Gasteiger partial charge in [-0.3, -0.25) is 4.79 Å². The van der Waals surface area contributed by atoms with Crippen molar-refractivity contribution >= 4 is 22.6 Å². The number of nitrogen functional groups attached to an aromatic ring is 1. The van der Waals surface area contributed by atoms with Crippen LogP contribution in [0.4, 0.5) is 10.1 Å². The molecule has 3 N–H and O–H groups in total. The summed E-state index contributed by atoms with van der Waals surface area (Å²) in [6.45, 7) is 0. The van der Waals surface area contributed by atoms with Crippen molar-refractivity contribution in [3.05, 3.63) is 64.3 Å². The van der Waals surface area contributed by atoms with Gasteiger partial charge in [0.1, 0.15) is 5.82 Å².